The first kappa shape index (κ1) is 11.2. The van der Waals surface area contributed by atoms with Crippen LogP contribution in [0.3, 0.4) is 0 Å². The summed E-state index contributed by atoms with van der Waals surface area (Å²) in [6.07, 6.45) is 2.02. The Hall–Kier alpha value is 0.250. The van der Waals surface area contributed by atoms with Crippen LogP contribution in [0.25, 0.3) is 0 Å². The van der Waals surface area contributed by atoms with Crippen molar-refractivity contribution in [3.63, 3.8) is 0 Å². The Balaban J connectivity index is 4.47. The molecule has 0 radical (unpaired) electrons. The first-order valence-electron chi connectivity index (χ1n) is 4.23. The van der Waals surface area contributed by atoms with Crippen LogP contribution in [0.2, 0.25) is 0 Å². The third kappa shape index (κ3) is 2.09. The molecule has 1 nitrogen and oxygen atoms in total. The van der Waals surface area contributed by atoms with Gasteiger partial charge in [0.25, 0.3) is 0 Å². The van der Waals surface area contributed by atoms with Gasteiger partial charge < -0.3 is 0 Å². The molecule has 1 atom stereocenters. The van der Waals surface area contributed by atoms with Gasteiger partial charge in [-0.1, -0.05) is 27.7 Å². The second kappa shape index (κ2) is 3.77. The highest BCUT2D eigenvalue weighted by atomic mass is 35.5. The topological polar surface area (TPSA) is 9.23 Å². The molecule has 0 spiro atoms. The van der Waals surface area contributed by atoms with Crippen LogP contribution in [-0.2, 0) is 4.29 Å². The van der Waals surface area contributed by atoms with Crippen molar-refractivity contribution in [3.8, 4) is 0 Å². The van der Waals surface area contributed by atoms with Gasteiger partial charge in [-0.2, -0.15) is 0 Å². The molecule has 1 unspecified atom stereocenters. The fourth-order valence-corrected chi connectivity index (χ4v) is 1.33. The van der Waals surface area contributed by atoms with Gasteiger partial charge in [0, 0.05) is 0 Å². The molecule has 0 bridgehead atoms. The van der Waals surface area contributed by atoms with Crippen LogP contribution in [0.4, 0.5) is 0 Å². The molecule has 0 fully saturated rings. The van der Waals surface area contributed by atoms with Gasteiger partial charge in [0.05, 0.1) is 17.5 Å². The Morgan fingerprint density at radius 3 is 1.64 bits per heavy atom. The minimum atomic E-state index is -0.205. The second-order valence-corrected chi connectivity index (χ2v) is 4.05. The first-order valence-corrected chi connectivity index (χ1v) is 4.54. The zero-order valence-corrected chi connectivity index (χ0v) is 8.96. The van der Waals surface area contributed by atoms with Crippen molar-refractivity contribution in [1.29, 1.82) is 0 Å². The molecule has 0 aromatic heterocycles. The molecule has 11 heavy (non-hydrogen) atoms. The maximum absolute atomic E-state index is 5.47. The number of halogens is 1. The molecule has 0 aromatic rings. The third-order valence-corrected chi connectivity index (χ3v) is 3.50. The van der Waals surface area contributed by atoms with E-state index >= 15 is 0 Å². The van der Waals surface area contributed by atoms with Crippen LogP contribution < -0.4 is 0 Å². The average Bonchev–Trinajstić information content (AvgIpc) is 2.02. The number of rotatable bonds is 4. The van der Waals surface area contributed by atoms with Crippen LogP contribution in [0.5, 0.6) is 0 Å². The summed E-state index contributed by atoms with van der Waals surface area (Å²) in [5, 5.41) is 0. The Kier molecular flexibility index (Phi) is 3.86. The van der Waals surface area contributed by atoms with E-state index in [1.54, 1.807) is 0 Å². The van der Waals surface area contributed by atoms with Crippen molar-refractivity contribution in [2.24, 2.45) is 5.41 Å². The van der Waals surface area contributed by atoms with E-state index in [0.29, 0.717) is 0 Å². The Labute approximate surface area is 75.2 Å². The van der Waals surface area contributed by atoms with Crippen molar-refractivity contribution in [2.45, 2.75) is 53.1 Å². The zero-order valence-electron chi connectivity index (χ0n) is 8.20. The molecular formula is C9H19ClO. The summed E-state index contributed by atoms with van der Waals surface area (Å²) in [6.45, 7) is 10.7. The highest BCUT2D eigenvalue weighted by molar-refractivity contribution is 6.07. The van der Waals surface area contributed by atoms with E-state index in [9.17, 15) is 0 Å². The van der Waals surface area contributed by atoms with Crippen molar-refractivity contribution in [3.05, 3.63) is 0 Å². The van der Waals surface area contributed by atoms with E-state index in [0.717, 1.165) is 12.8 Å². The summed E-state index contributed by atoms with van der Waals surface area (Å²) < 4.78 is 5.01. The number of hydrogen-bond acceptors (Lipinski definition) is 1. The molecule has 0 N–H and O–H groups in total. The first-order chi connectivity index (χ1) is 4.93. The molecule has 0 rings (SSSR count). The van der Waals surface area contributed by atoms with E-state index < -0.39 is 0 Å². The summed E-state index contributed by atoms with van der Waals surface area (Å²) in [5.41, 5.74) is -0.0627. The molecule has 0 amide bonds. The number of hydrogen-bond donors (Lipinski definition) is 0. The zero-order chi connectivity index (χ0) is 9.12. The average molecular weight is 179 g/mol. The predicted octanol–water partition coefficient (Wildman–Crippen LogP) is 3.76. The minimum Gasteiger partial charge on any atom is -0.272 e. The Morgan fingerprint density at radius 2 is 1.55 bits per heavy atom. The lowest BCUT2D eigenvalue weighted by Gasteiger charge is -2.40. The fourth-order valence-electron chi connectivity index (χ4n) is 1.01. The molecule has 0 heterocycles. The molecule has 0 aromatic carbocycles. The van der Waals surface area contributed by atoms with Crippen molar-refractivity contribution < 1.29 is 4.29 Å². The summed E-state index contributed by atoms with van der Waals surface area (Å²) in [6, 6.07) is 0. The van der Waals surface area contributed by atoms with Crippen molar-refractivity contribution in [2.75, 3.05) is 0 Å². The van der Waals surface area contributed by atoms with Gasteiger partial charge in [-0.25, -0.2) is 0 Å². The molecule has 68 valence electrons. The largest absolute Gasteiger partial charge is 0.272 e. The molecule has 0 saturated heterocycles. The molecule has 2 heteroatoms. The van der Waals surface area contributed by atoms with E-state index in [-0.39, 0.29) is 11.0 Å². The monoisotopic (exact) mass is 178 g/mol. The second-order valence-electron chi connectivity index (χ2n) is 3.90. The van der Waals surface area contributed by atoms with Gasteiger partial charge in [0.15, 0.2) is 0 Å². The quantitative estimate of drug-likeness (QED) is 0.637. The van der Waals surface area contributed by atoms with Crippen LogP contribution in [0.15, 0.2) is 0 Å². The summed E-state index contributed by atoms with van der Waals surface area (Å²) in [5.74, 6) is 0. The summed E-state index contributed by atoms with van der Waals surface area (Å²) in [7, 11) is 0. The summed E-state index contributed by atoms with van der Waals surface area (Å²) >= 11 is 5.47. The van der Waals surface area contributed by atoms with E-state index in [1.807, 2.05) is 0 Å². The third-order valence-electron chi connectivity index (χ3n) is 3.16. The van der Waals surface area contributed by atoms with Crippen LogP contribution >= 0.6 is 11.9 Å². The van der Waals surface area contributed by atoms with Gasteiger partial charge in [0.1, 0.15) is 0 Å². The Bertz CT molecular complexity index is 117. The van der Waals surface area contributed by atoms with Crippen molar-refractivity contribution in [1.82, 2.24) is 0 Å². The van der Waals surface area contributed by atoms with E-state index in [4.69, 9.17) is 16.2 Å². The van der Waals surface area contributed by atoms with E-state index in [2.05, 4.69) is 34.6 Å². The van der Waals surface area contributed by atoms with Crippen LogP contribution in [0, 0.1) is 5.41 Å². The molecule has 0 saturated carbocycles. The van der Waals surface area contributed by atoms with E-state index in [1.165, 1.54) is 0 Å². The standard InChI is InChI=1S/C9H19ClO/c1-6-8(3,4)9(5,7-2)11-10/h6-7H2,1-5H3. The molecule has 0 aliphatic heterocycles. The lowest BCUT2D eigenvalue weighted by Crippen LogP contribution is -2.41. The predicted molar refractivity (Wildman–Crippen MR) is 49.7 cm³/mol. The smallest absolute Gasteiger partial charge is 0.0917 e. The van der Waals surface area contributed by atoms with Gasteiger partial charge in [-0.3, -0.25) is 4.29 Å². The molecular weight excluding hydrogens is 160 g/mol. The summed E-state index contributed by atoms with van der Waals surface area (Å²) in [4.78, 5) is 0. The SMILES string of the molecule is CCC(C)(C)C(C)(CC)OCl. The van der Waals surface area contributed by atoms with Crippen molar-refractivity contribution >= 4 is 11.9 Å². The lowest BCUT2D eigenvalue weighted by molar-refractivity contribution is -0.0257. The highest BCUT2D eigenvalue weighted by Gasteiger charge is 2.39. The normalized spacial score (nSPS) is 18.0. The minimum absolute atomic E-state index is 0.142. The highest BCUT2D eigenvalue weighted by Crippen LogP contribution is 2.40. The van der Waals surface area contributed by atoms with Gasteiger partial charge in [0.2, 0.25) is 0 Å². The van der Waals surface area contributed by atoms with Crippen LogP contribution in [-0.4, -0.2) is 5.60 Å². The molecule has 0 aliphatic rings. The lowest BCUT2D eigenvalue weighted by atomic mass is 9.73. The Morgan fingerprint density at radius 1 is 1.09 bits per heavy atom. The van der Waals surface area contributed by atoms with Gasteiger partial charge >= 0.3 is 0 Å². The molecule has 0 aliphatic carbocycles. The maximum atomic E-state index is 5.47. The van der Waals surface area contributed by atoms with Gasteiger partial charge in [-0.05, 0) is 25.2 Å². The van der Waals surface area contributed by atoms with Crippen LogP contribution in [0.1, 0.15) is 47.5 Å². The van der Waals surface area contributed by atoms with Gasteiger partial charge in [-0.15, -0.1) is 0 Å². The maximum Gasteiger partial charge on any atom is 0.0917 e. The fraction of sp³-hybridized carbons (Fsp3) is 1.00.